The SMILES string of the molecule is COc1ccc(C(=O)N2CCC[C@H](NS(C)(=O)=O)C2)cc1. The Hall–Kier alpha value is -1.60. The van der Waals surface area contributed by atoms with E-state index in [9.17, 15) is 13.2 Å². The highest BCUT2D eigenvalue weighted by atomic mass is 32.2. The highest BCUT2D eigenvalue weighted by Crippen LogP contribution is 2.17. The van der Waals surface area contributed by atoms with Gasteiger partial charge in [0.2, 0.25) is 10.0 Å². The first-order valence-electron chi connectivity index (χ1n) is 6.79. The first-order valence-corrected chi connectivity index (χ1v) is 8.69. The van der Waals surface area contributed by atoms with E-state index in [0.29, 0.717) is 24.4 Å². The number of benzene rings is 1. The summed E-state index contributed by atoms with van der Waals surface area (Å²) in [4.78, 5) is 14.1. The van der Waals surface area contributed by atoms with E-state index in [1.54, 1.807) is 36.3 Å². The van der Waals surface area contributed by atoms with E-state index in [0.717, 1.165) is 19.1 Å². The van der Waals surface area contributed by atoms with Crippen LogP contribution in [0.3, 0.4) is 0 Å². The Morgan fingerprint density at radius 2 is 2.00 bits per heavy atom. The summed E-state index contributed by atoms with van der Waals surface area (Å²) in [5, 5.41) is 0. The van der Waals surface area contributed by atoms with Crippen LogP contribution in [-0.4, -0.2) is 51.7 Å². The zero-order valence-corrected chi connectivity index (χ0v) is 13.0. The van der Waals surface area contributed by atoms with Gasteiger partial charge in [-0.2, -0.15) is 0 Å². The number of methoxy groups -OCH3 is 1. The molecule has 0 aliphatic carbocycles. The zero-order chi connectivity index (χ0) is 15.5. The fraction of sp³-hybridized carbons (Fsp3) is 0.500. The third kappa shape index (κ3) is 4.44. The Labute approximate surface area is 125 Å². The van der Waals surface area contributed by atoms with Gasteiger partial charge in [-0.25, -0.2) is 13.1 Å². The Morgan fingerprint density at radius 1 is 1.33 bits per heavy atom. The van der Waals surface area contributed by atoms with Crippen molar-refractivity contribution in [1.29, 1.82) is 0 Å². The van der Waals surface area contributed by atoms with Crippen molar-refractivity contribution in [1.82, 2.24) is 9.62 Å². The number of rotatable bonds is 4. The average Bonchev–Trinajstić information content (AvgIpc) is 2.45. The third-order valence-corrected chi connectivity index (χ3v) is 4.19. The van der Waals surface area contributed by atoms with Gasteiger partial charge in [0, 0.05) is 24.7 Å². The zero-order valence-electron chi connectivity index (χ0n) is 12.2. The second-order valence-corrected chi connectivity index (χ2v) is 6.99. The summed E-state index contributed by atoms with van der Waals surface area (Å²) < 4.78 is 30.2. The number of nitrogens with one attached hydrogen (secondary N) is 1. The molecule has 1 aromatic carbocycles. The van der Waals surface area contributed by atoms with Crippen LogP contribution >= 0.6 is 0 Å². The number of hydrogen-bond acceptors (Lipinski definition) is 4. The number of amides is 1. The van der Waals surface area contributed by atoms with Gasteiger partial charge in [-0.3, -0.25) is 4.79 Å². The lowest BCUT2D eigenvalue weighted by Crippen LogP contribution is -2.49. The second kappa shape index (κ2) is 6.44. The Morgan fingerprint density at radius 3 is 2.57 bits per heavy atom. The van der Waals surface area contributed by atoms with E-state index >= 15 is 0 Å². The standard InChI is InChI=1S/C14H20N2O4S/c1-20-13-7-5-11(6-8-13)14(17)16-9-3-4-12(10-16)15-21(2,18)19/h5-8,12,15H,3-4,9-10H2,1-2H3/t12-/m0/s1. The lowest BCUT2D eigenvalue weighted by Gasteiger charge is -2.32. The number of nitrogens with zero attached hydrogens (tertiary/aromatic N) is 1. The quantitative estimate of drug-likeness (QED) is 0.894. The molecule has 1 N–H and O–H groups in total. The first kappa shape index (κ1) is 15.8. The average molecular weight is 312 g/mol. The molecule has 1 aromatic rings. The molecule has 0 radical (unpaired) electrons. The number of ether oxygens (including phenoxy) is 1. The molecule has 0 unspecified atom stereocenters. The van der Waals surface area contributed by atoms with Gasteiger partial charge >= 0.3 is 0 Å². The van der Waals surface area contributed by atoms with Crippen molar-refractivity contribution in [2.45, 2.75) is 18.9 Å². The molecule has 1 aliphatic rings. The molecule has 7 heteroatoms. The van der Waals surface area contributed by atoms with Crippen LogP contribution in [0.25, 0.3) is 0 Å². The van der Waals surface area contributed by atoms with Gasteiger partial charge in [-0.1, -0.05) is 0 Å². The van der Waals surface area contributed by atoms with Crippen molar-refractivity contribution < 1.29 is 17.9 Å². The molecule has 1 aliphatic heterocycles. The van der Waals surface area contributed by atoms with Crippen molar-refractivity contribution in [2.75, 3.05) is 26.5 Å². The third-order valence-electron chi connectivity index (χ3n) is 3.43. The smallest absolute Gasteiger partial charge is 0.253 e. The maximum atomic E-state index is 12.4. The van der Waals surface area contributed by atoms with Crippen molar-refractivity contribution in [3.05, 3.63) is 29.8 Å². The summed E-state index contributed by atoms with van der Waals surface area (Å²) >= 11 is 0. The lowest BCUT2D eigenvalue weighted by atomic mass is 10.1. The van der Waals surface area contributed by atoms with Crippen LogP contribution in [0.1, 0.15) is 23.2 Å². The second-order valence-electron chi connectivity index (χ2n) is 5.21. The van der Waals surface area contributed by atoms with Crippen molar-refractivity contribution in [2.24, 2.45) is 0 Å². The number of likely N-dealkylation sites (tertiary alicyclic amines) is 1. The Balaban J connectivity index is 2.04. The van der Waals surface area contributed by atoms with Crippen LogP contribution in [0.2, 0.25) is 0 Å². The molecule has 1 heterocycles. The minimum atomic E-state index is -3.25. The van der Waals surface area contributed by atoms with Gasteiger partial charge < -0.3 is 9.64 Å². The van der Waals surface area contributed by atoms with E-state index in [1.807, 2.05) is 0 Å². The van der Waals surface area contributed by atoms with E-state index < -0.39 is 10.0 Å². The summed E-state index contributed by atoms with van der Waals surface area (Å²) in [6.45, 7) is 1.05. The summed E-state index contributed by atoms with van der Waals surface area (Å²) in [6.07, 6.45) is 2.67. The summed E-state index contributed by atoms with van der Waals surface area (Å²) in [7, 11) is -1.68. The molecule has 0 aromatic heterocycles. The van der Waals surface area contributed by atoms with Gasteiger partial charge in [-0.05, 0) is 37.1 Å². The van der Waals surface area contributed by atoms with E-state index in [1.165, 1.54) is 0 Å². The van der Waals surface area contributed by atoms with Crippen LogP contribution < -0.4 is 9.46 Å². The molecular weight excluding hydrogens is 292 g/mol. The van der Waals surface area contributed by atoms with Crippen LogP contribution in [-0.2, 0) is 10.0 Å². The number of hydrogen-bond donors (Lipinski definition) is 1. The molecule has 0 spiro atoms. The van der Waals surface area contributed by atoms with Crippen LogP contribution in [0.15, 0.2) is 24.3 Å². The number of piperidine rings is 1. The number of carbonyl (C=O) groups excluding carboxylic acids is 1. The molecule has 6 nitrogen and oxygen atoms in total. The minimum Gasteiger partial charge on any atom is -0.497 e. The molecule has 21 heavy (non-hydrogen) atoms. The fourth-order valence-electron chi connectivity index (χ4n) is 2.48. The van der Waals surface area contributed by atoms with Gasteiger partial charge in [-0.15, -0.1) is 0 Å². The summed E-state index contributed by atoms with van der Waals surface area (Å²) in [5.74, 6) is 0.611. The maximum Gasteiger partial charge on any atom is 0.253 e. The topological polar surface area (TPSA) is 75.7 Å². The first-order chi connectivity index (χ1) is 9.89. The lowest BCUT2D eigenvalue weighted by molar-refractivity contribution is 0.0703. The molecule has 116 valence electrons. The highest BCUT2D eigenvalue weighted by molar-refractivity contribution is 7.88. The van der Waals surface area contributed by atoms with Gasteiger partial charge in [0.05, 0.1) is 13.4 Å². The molecule has 1 atom stereocenters. The van der Waals surface area contributed by atoms with E-state index in [2.05, 4.69) is 4.72 Å². The van der Waals surface area contributed by atoms with Gasteiger partial charge in [0.15, 0.2) is 0 Å². The fourth-order valence-corrected chi connectivity index (χ4v) is 3.27. The van der Waals surface area contributed by atoms with Crippen LogP contribution in [0.5, 0.6) is 5.75 Å². The largest absolute Gasteiger partial charge is 0.497 e. The van der Waals surface area contributed by atoms with Crippen molar-refractivity contribution in [3.63, 3.8) is 0 Å². The molecule has 0 bridgehead atoms. The number of sulfonamides is 1. The maximum absolute atomic E-state index is 12.4. The molecule has 0 saturated carbocycles. The van der Waals surface area contributed by atoms with Gasteiger partial charge in [0.25, 0.3) is 5.91 Å². The van der Waals surface area contributed by atoms with Crippen molar-refractivity contribution in [3.8, 4) is 5.75 Å². The minimum absolute atomic E-state index is 0.0855. The van der Waals surface area contributed by atoms with E-state index in [4.69, 9.17) is 4.74 Å². The number of carbonyl (C=O) groups is 1. The highest BCUT2D eigenvalue weighted by Gasteiger charge is 2.26. The molecule has 1 fully saturated rings. The molecular formula is C14H20N2O4S. The monoisotopic (exact) mass is 312 g/mol. The van der Waals surface area contributed by atoms with Crippen molar-refractivity contribution >= 4 is 15.9 Å². The van der Waals surface area contributed by atoms with Crippen LogP contribution in [0, 0.1) is 0 Å². The Bertz CT molecular complexity index is 598. The van der Waals surface area contributed by atoms with E-state index in [-0.39, 0.29) is 11.9 Å². The van der Waals surface area contributed by atoms with Crippen LogP contribution in [0.4, 0.5) is 0 Å². The normalized spacial score (nSPS) is 19.3. The predicted octanol–water partition coefficient (Wildman–Crippen LogP) is 0.849. The molecule has 2 rings (SSSR count). The molecule has 1 saturated heterocycles. The predicted molar refractivity (Wildman–Crippen MR) is 79.9 cm³/mol. The summed E-state index contributed by atoms with van der Waals surface area (Å²) in [6, 6.07) is 6.70. The van der Waals surface area contributed by atoms with Gasteiger partial charge in [0.1, 0.15) is 5.75 Å². The molecule has 1 amide bonds. The Kier molecular flexibility index (Phi) is 4.84. The summed E-state index contributed by atoms with van der Waals surface area (Å²) in [5.41, 5.74) is 0.579.